The lowest BCUT2D eigenvalue weighted by Crippen LogP contribution is -2.38. The first-order chi connectivity index (χ1) is 10.3. The van der Waals surface area contributed by atoms with Crippen molar-refractivity contribution in [2.75, 3.05) is 0 Å². The summed E-state index contributed by atoms with van der Waals surface area (Å²) in [4.78, 5) is 38.1. The number of aliphatic imine (C=N–C) groups is 1. The number of hydrogen-bond donors (Lipinski definition) is 1. The van der Waals surface area contributed by atoms with E-state index in [-0.39, 0.29) is 11.1 Å². The van der Waals surface area contributed by atoms with Gasteiger partial charge in [0.2, 0.25) is 5.88 Å². The van der Waals surface area contributed by atoms with Crippen molar-refractivity contribution in [2.45, 2.75) is 0 Å². The molecule has 8 nitrogen and oxygen atoms in total. The molecule has 0 amide bonds. The van der Waals surface area contributed by atoms with Crippen LogP contribution >= 0.6 is 0 Å². The van der Waals surface area contributed by atoms with Gasteiger partial charge in [0.25, 0.3) is 5.56 Å². The number of aromatic nitrogens is 2. The summed E-state index contributed by atoms with van der Waals surface area (Å²) in [5, 5.41) is 20.5. The van der Waals surface area contributed by atoms with E-state index >= 15 is 0 Å². The van der Waals surface area contributed by atoms with Gasteiger partial charge in [-0.25, -0.2) is 4.79 Å². The number of carbonyl (C=O) groups excluding carboxylic acids is 1. The molecule has 0 aliphatic rings. The summed E-state index contributed by atoms with van der Waals surface area (Å²) in [6, 6.07) is 5.46. The molecule has 0 radical (unpaired) electrons. The highest BCUT2D eigenvalue weighted by atomic mass is 16.4. The third-order valence-corrected chi connectivity index (χ3v) is 3.11. The molecule has 0 bridgehead atoms. The zero-order chi connectivity index (χ0) is 16.4. The predicted molar refractivity (Wildman–Crippen MR) is 76.6 cm³/mol. The maximum atomic E-state index is 11.9. The molecule has 1 aromatic heterocycles. The number of benzene rings is 1. The first kappa shape index (κ1) is 15.2. The van der Waals surface area contributed by atoms with E-state index < -0.39 is 23.1 Å². The third-order valence-electron chi connectivity index (χ3n) is 3.11. The zero-order valence-corrected chi connectivity index (χ0v) is 11.8. The molecule has 0 unspecified atom stereocenters. The average Bonchev–Trinajstić information content (AvgIpc) is 2.51. The molecule has 0 spiro atoms. The minimum atomic E-state index is -1.31. The summed E-state index contributed by atoms with van der Waals surface area (Å²) in [5.41, 5.74) is -1.11. The third kappa shape index (κ3) is 2.66. The molecule has 114 valence electrons. The molecule has 22 heavy (non-hydrogen) atoms. The van der Waals surface area contributed by atoms with Gasteiger partial charge in [0.1, 0.15) is 5.56 Å². The molecule has 0 aliphatic heterocycles. The van der Waals surface area contributed by atoms with Crippen molar-refractivity contribution in [1.82, 2.24) is 9.13 Å². The van der Waals surface area contributed by atoms with Gasteiger partial charge in [-0.15, -0.1) is 0 Å². The van der Waals surface area contributed by atoms with Crippen molar-refractivity contribution in [1.29, 1.82) is 0 Å². The molecule has 0 fully saturated rings. The molecule has 0 saturated heterocycles. The second-order valence-corrected chi connectivity index (χ2v) is 4.54. The Labute approximate surface area is 124 Å². The monoisotopic (exact) mass is 302 g/mol. The van der Waals surface area contributed by atoms with Crippen molar-refractivity contribution in [3.05, 3.63) is 56.2 Å². The van der Waals surface area contributed by atoms with Crippen LogP contribution in [0.4, 0.5) is 5.69 Å². The lowest BCUT2D eigenvalue weighted by molar-refractivity contribution is -0.255. The van der Waals surface area contributed by atoms with Gasteiger partial charge in [-0.1, -0.05) is 12.1 Å². The van der Waals surface area contributed by atoms with Gasteiger partial charge in [-0.3, -0.25) is 18.9 Å². The molecule has 1 aromatic carbocycles. The second kappa shape index (κ2) is 5.68. The van der Waals surface area contributed by atoms with Gasteiger partial charge in [-0.05, 0) is 17.7 Å². The molecule has 2 rings (SSSR count). The van der Waals surface area contributed by atoms with E-state index in [1.54, 1.807) is 0 Å². The predicted octanol–water partition coefficient (Wildman–Crippen LogP) is -1.10. The standard InChI is InChI=1S/C14H13N3O5/c1-16-11(18)10(12(19)17(2)14(16)22)7-15-9-5-3-8(4-6-9)13(20)21/h3-7,18H,1-2H3,(H,20,21)/p-1. The lowest BCUT2D eigenvalue weighted by Gasteiger charge is -2.07. The molecule has 0 saturated carbocycles. The summed E-state index contributed by atoms with van der Waals surface area (Å²) < 4.78 is 1.77. The fraction of sp³-hybridized carbons (Fsp3) is 0.143. The Morgan fingerprint density at radius 1 is 1.18 bits per heavy atom. The van der Waals surface area contributed by atoms with Crippen LogP contribution in [-0.4, -0.2) is 26.4 Å². The Balaban J connectivity index is 2.45. The highest BCUT2D eigenvalue weighted by molar-refractivity contribution is 5.87. The van der Waals surface area contributed by atoms with Gasteiger partial charge < -0.3 is 15.0 Å². The quantitative estimate of drug-likeness (QED) is 0.723. The summed E-state index contributed by atoms with van der Waals surface area (Å²) in [6.07, 6.45) is 1.12. The van der Waals surface area contributed by atoms with Crippen molar-refractivity contribution < 1.29 is 15.0 Å². The van der Waals surface area contributed by atoms with Crippen molar-refractivity contribution >= 4 is 17.9 Å². The normalized spacial score (nSPS) is 11.0. The number of aromatic carboxylic acids is 1. The first-order valence-electron chi connectivity index (χ1n) is 6.17. The van der Waals surface area contributed by atoms with E-state index in [2.05, 4.69) is 4.99 Å². The van der Waals surface area contributed by atoms with Crippen molar-refractivity contribution in [3.8, 4) is 5.88 Å². The number of carboxylic acids is 1. The topological polar surface area (TPSA) is 117 Å². The maximum Gasteiger partial charge on any atom is 0.333 e. The summed E-state index contributed by atoms with van der Waals surface area (Å²) >= 11 is 0. The minimum absolute atomic E-state index is 0.000168. The van der Waals surface area contributed by atoms with Crippen LogP contribution in [0.1, 0.15) is 15.9 Å². The van der Waals surface area contributed by atoms with Crippen LogP contribution in [-0.2, 0) is 14.1 Å². The summed E-state index contributed by atoms with van der Waals surface area (Å²) in [5.74, 6) is -1.80. The van der Waals surface area contributed by atoms with Gasteiger partial charge >= 0.3 is 5.69 Å². The second-order valence-electron chi connectivity index (χ2n) is 4.54. The van der Waals surface area contributed by atoms with Crippen LogP contribution in [0.15, 0.2) is 38.8 Å². The minimum Gasteiger partial charge on any atom is -0.545 e. The van der Waals surface area contributed by atoms with E-state index in [9.17, 15) is 24.6 Å². The molecule has 1 heterocycles. The molecular weight excluding hydrogens is 290 g/mol. The SMILES string of the molecule is Cn1c(O)c(C=Nc2ccc(C(=O)[O-])cc2)c(=O)n(C)c1=O. The molecule has 1 N–H and O–H groups in total. The van der Waals surface area contributed by atoms with Gasteiger partial charge in [-0.2, -0.15) is 0 Å². The summed E-state index contributed by atoms with van der Waals surface area (Å²) in [6.45, 7) is 0. The van der Waals surface area contributed by atoms with E-state index in [0.717, 1.165) is 15.3 Å². The van der Waals surface area contributed by atoms with E-state index in [1.165, 1.54) is 38.4 Å². The van der Waals surface area contributed by atoms with E-state index in [4.69, 9.17) is 0 Å². The van der Waals surface area contributed by atoms with Crippen LogP contribution in [0.2, 0.25) is 0 Å². The molecule has 8 heteroatoms. The van der Waals surface area contributed by atoms with Crippen LogP contribution in [0.25, 0.3) is 0 Å². The number of hydrogen-bond acceptors (Lipinski definition) is 6. The van der Waals surface area contributed by atoms with Crippen LogP contribution in [0, 0.1) is 0 Å². The van der Waals surface area contributed by atoms with Crippen molar-refractivity contribution in [3.63, 3.8) is 0 Å². The van der Waals surface area contributed by atoms with Crippen LogP contribution in [0.3, 0.4) is 0 Å². The number of nitrogens with zero attached hydrogens (tertiary/aromatic N) is 3. The number of carboxylic acid groups (broad SMARTS) is 1. The Morgan fingerprint density at radius 2 is 1.77 bits per heavy atom. The lowest BCUT2D eigenvalue weighted by atomic mass is 10.2. The molecular formula is C14H12N3O5-. The molecule has 0 atom stereocenters. The summed E-state index contributed by atoms with van der Waals surface area (Å²) in [7, 11) is 2.61. The number of aromatic hydroxyl groups is 1. The molecule has 2 aromatic rings. The first-order valence-corrected chi connectivity index (χ1v) is 6.17. The van der Waals surface area contributed by atoms with Crippen LogP contribution in [0.5, 0.6) is 5.88 Å². The number of rotatable bonds is 3. The highest BCUT2D eigenvalue weighted by Crippen LogP contribution is 2.14. The average molecular weight is 302 g/mol. The van der Waals surface area contributed by atoms with Crippen molar-refractivity contribution in [2.24, 2.45) is 19.1 Å². The van der Waals surface area contributed by atoms with E-state index in [0.29, 0.717) is 5.69 Å². The van der Waals surface area contributed by atoms with Gasteiger partial charge in [0.15, 0.2) is 0 Å². The zero-order valence-electron chi connectivity index (χ0n) is 11.8. The van der Waals surface area contributed by atoms with Crippen LogP contribution < -0.4 is 16.4 Å². The molecule has 0 aliphatic carbocycles. The number of carbonyl (C=O) groups is 1. The smallest absolute Gasteiger partial charge is 0.333 e. The van der Waals surface area contributed by atoms with Gasteiger partial charge in [0.05, 0.1) is 11.7 Å². The van der Waals surface area contributed by atoms with E-state index in [1.807, 2.05) is 0 Å². The largest absolute Gasteiger partial charge is 0.545 e. The van der Waals surface area contributed by atoms with Gasteiger partial charge in [0, 0.05) is 20.3 Å². The Hall–Kier alpha value is -3.16. The Kier molecular flexibility index (Phi) is 3.93. The fourth-order valence-electron chi connectivity index (χ4n) is 1.80. The maximum absolute atomic E-state index is 11.9. The fourth-order valence-corrected chi connectivity index (χ4v) is 1.80. The highest BCUT2D eigenvalue weighted by Gasteiger charge is 2.12. The Bertz CT molecular complexity index is 875. The Morgan fingerprint density at radius 3 is 2.32 bits per heavy atom.